The van der Waals surface area contributed by atoms with Gasteiger partial charge in [-0.05, 0) is 19.1 Å². The number of hydrogen-bond donors (Lipinski definition) is 1. The van der Waals surface area contributed by atoms with Crippen LogP contribution in [-0.2, 0) is 16.6 Å². The SMILES string of the molecule is C[C@@H]1NC(=S)N(CCc2nc(C(C)(C)C)cs2)C1=O. The Bertz CT molecular complexity index is 504. The second-order valence-electron chi connectivity index (χ2n) is 5.79. The van der Waals surface area contributed by atoms with Crippen molar-refractivity contribution in [2.75, 3.05) is 6.54 Å². The first-order valence-corrected chi connectivity index (χ1v) is 7.64. The molecule has 0 radical (unpaired) electrons. The molecule has 2 heterocycles. The maximum Gasteiger partial charge on any atom is 0.251 e. The predicted molar refractivity (Wildman–Crippen MR) is 81.4 cm³/mol. The molecule has 104 valence electrons. The Morgan fingerprint density at radius 2 is 2.21 bits per heavy atom. The van der Waals surface area contributed by atoms with Gasteiger partial charge in [-0.2, -0.15) is 0 Å². The van der Waals surface area contributed by atoms with Crippen molar-refractivity contribution in [3.8, 4) is 0 Å². The third-order valence-electron chi connectivity index (χ3n) is 3.09. The summed E-state index contributed by atoms with van der Waals surface area (Å²) in [5, 5.41) is 6.66. The highest BCUT2D eigenvalue weighted by Crippen LogP contribution is 2.24. The van der Waals surface area contributed by atoms with Crippen LogP contribution in [0.4, 0.5) is 0 Å². The Morgan fingerprint density at radius 1 is 1.53 bits per heavy atom. The normalized spacial score (nSPS) is 20.0. The zero-order valence-electron chi connectivity index (χ0n) is 11.7. The van der Waals surface area contributed by atoms with Gasteiger partial charge in [0, 0.05) is 23.8 Å². The Labute approximate surface area is 123 Å². The Kier molecular flexibility index (Phi) is 3.92. The zero-order chi connectivity index (χ0) is 14.2. The molecule has 0 aromatic carbocycles. The molecule has 1 saturated heterocycles. The molecule has 1 aromatic rings. The van der Waals surface area contributed by atoms with E-state index < -0.39 is 0 Å². The van der Waals surface area contributed by atoms with Crippen molar-refractivity contribution < 1.29 is 4.79 Å². The van der Waals surface area contributed by atoms with Crippen LogP contribution in [0.1, 0.15) is 38.4 Å². The minimum atomic E-state index is -0.200. The molecular formula is C13H19N3OS2. The molecule has 4 nitrogen and oxygen atoms in total. The highest BCUT2D eigenvalue weighted by atomic mass is 32.1. The fraction of sp³-hybridized carbons (Fsp3) is 0.615. The van der Waals surface area contributed by atoms with Gasteiger partial charge >= 0.3 is 0 Å². The lowest BCUT2D eigenvalue weighted by Crippen LogP contribution is -2.32. The van der Waals surface area contributed by atoms with Crippen LogP contribution in [0, 0.1) is 0 Å². The Hall–Kier alpha value is -1.01. The lowest BCUT2D eigenvalue weighted by molar-refractivity contribution is -0.126. The van der Waals surface area contributed by atoms with Gasteiger partial charge in [0.25, 0.3) is 5.91 Å². The van der Waals surface area contributed by atoms with Gasteiger partial charge in [0.15, 0.2) is 5.11 Å². The van der Waals surface area contributed by atoms with Crippen LogP contribution in [0.25, 0.3) is 0 Å². The predicted octanol–water partition coefficient (Wildman–Crippen LogP) is 2.09. The van der Waals surface area contributed by atoms with Gasteiger partial charge in [-0.15, -0.1) is 11.3 Å². The molecule has 1 N–H and O–H groups in total. The average Bonchev–Trinajstić information content (AvgIpc) is 2.84. The van der Waals surface area contributed by atoms with Gasteiger partial charge in [0.2, 0.25) is 0 Å². The molecule has 0 bridgehead atoms. The molecule has 1 aromatic heterocycles. The number of thiocarbonyl (C=S) groups is 1. The highest BCUT2D eigenvalue weighted by Gasteiger charge is 2.31. The fourth-order valence-corrected chi connectivity index (χ4v) is 3.22. The number of rotatable bonds is 3. The Morgan fingerprint density at radius 3 is 2.68 bits per heavy atom. The van der Waals surface area contributed by atoms with E-state index in [1.165, 1.54) is 0 Å². The average molecular weight is 297 g/mol. The van der Waals surface area contributed by atoms with E-state index in [-0.39, 0.29) is 17.4 Å². The zero-order valence-corrected chi connectivity index (χ0v) is 13.3. The fourth-order valence-electron chi connectivity index (χ4n) is 1.85. The second-order valence-corrected chi connectivity index (χ2v) is 7.12. The molecule has 0 unspecified atom stereocenters. The summed E-state index contributed by atoms with van der Waals surface area (Å²) in [7, 11) is 0. The van der Waals surface area contributed by atoms with Crippen LogP contribution < -0.4 is 5.32 Å². The third kappa shape index (κ3) is 3.12. The summed E-state index contributed by atoms with van der Waals surface area (Å²) in [4.78, 5) is 18.1. The van der Waals surface area contributed by atoms with E-state index in [1.807, 2.05) is 6.92 Å². The standard InChI is InChI=1S/C13H19N3OS2/c1-8-11(17)16(12(18)14-8)6-5-10-15-9(7-19-10)13(2,3)4/h7-8H,5-6H2,1-4H3,(H,14,18)/t8-/m0/s1. The molecule has 2 rings (SSSR count). The molecule has 1 atom stereocenters. The Balaban J connectivity index is 1.98. The number of nitrogens with one attached hydrogen (secondary N) is 1. The number of amides is 1. The van der Waals surface area contributed by atoms with Crippen molar-refractivity contribution in [2.24, 2.45) is 0 Å². The van der Waals surface area contributed by atoms with Gasteiger partial charge in [-0.25, -0.2) is 4.98 Å². The molecule has 1 aliphatic rings. The van der Waals surface area contributed by atoms with E-state index in [2.05, 4.69) is 36.5 Å². The minimum absolute atomic E-state index is 0.0533. The van der Waals surface area contributed by atoms with Gasteiger partial charge < -0.3 is 5.32 Å². The van der Waals surface area contributed by atoms with E-state index in [9.17, 15) is 4.79 Å². The lowest BCUT2D eigenvalue weighted by Gasteiger charge is -2.15. The minimum Gasteiger partial charge on any atom is -0.351 e. The van der Waals surface area contributed by atoms with E-state index in [1.54, 1.807) is 16.2 Å². The van der Waals surface area contributed by atoms with Crippen molar-refractivity contribution in [3.63, 3.8) is 0 Å². The molecule has 1 amide bonds. The summed E-state index contributed by atoms with van der Waals surface area (Å²) in [5.41, 5.74) is 1.18. The van der Waals surface area contributed by atoms with Gasteiger partial charge in [-0.1, -0.05) is 20.8 Å². The number of hydrogen-bond acceptors (Lipinski definition) is 4. The van der Waals surface area contributed by atoms with Crippen molar-refractivity contribution >= 4 is 34.6 Å². The van der Waals surface area contributed by atoms with Gasteiger partial charge in [0.05, 0.1) is 10.7 Å². The molecule has 0 saturated carbocycles. The van der Waals surface area contributed by atoms with Crippen molar-refractivity contribution in [2.45, 2.75) is 45.6 Å². The van der Waals surface area contributed by atoms with Gasteiger partial charge in [-0.3, -0.25) is 9.69 Å². The van der Waals surface area contributed by atoms with E-state index in [4.69, 9.17) is 12.2 Å². The first kappa shape index (κ1) is 14.4. The quantitative estimate of drug-likeness (QED) is 0.868. The number of carbonyl (C=O) groups excluding carboxylic acids is 1. The largest absolute Gasteiger partial charge is 0.351 e. The highest BCUT2D eigenvalue weighted by molar-refractivity contribution is 7.80. The summed E-state index contributed by atoms with van der Waals surface area (Å²) >= 11 is 6.80. The molecular weight excluding hydrogens is 278 g/mol. The molecule has 1 aliphatic heterocycles. The molecule has 6 heteroatoms. The van der Waals surface area contributed by atoms with Crippen LogP contribution in [-0.4, -0.2) is 33.5 Å². The summed E-state index contributed by atoms with van der Waals surface area (Å²) < 4.78 is 0. The van der Waals surface area contributed by atoms with Crippen molar-refractivity contribution in [3.05, 3.63) is 16.1 Å². The number of thiazole rings is 1. The number of nitrogens with zero attached hydrogens (tertiary/aromatic N) is 2. The second kappa shape index (κ2) is 5.17. The number of aromatic nitrogens is 1. The van der Waals surface area contributed by atoms with Crippen LogP contribution in [0.15, 0.2) is 5.38 Å². The number of carbonyl (C=O) groups is 1. The summed E-state index contributed by atoms with van der Waals surface area (Å²) in [6.07, 6.45) is 0.751. The molecule has 0 aliphatic carbocycles. The third-order valence-corrected chi connectivity index (χ3v) is 4.34. The van der Waals surface area contributed by atoms with Crippen molar-refractivity contribution in [1.29, 1.82) is 0 Å². The van der Waals surface area contributed by atoms with E-state index >= 15 is 0 Å². The first-order valence-electron chi connectivity index (χ1n) is 6.36. The summed E-state index contributed by atoms with van der Waals surface area (Å²) in [6, 6.07) is -0.200. The molecule has 19 heavy (non-hydrogen) atoms. The van der Waals surface area contributed by atoms with Crippen LogP contribution in [0.2, 0.25) is 0 Å². The van der Waals surface area contributed by atoms with Crippen LogP contribution in [0.5, 0.6) is 0 Å². The summed E-state index contributed by atoms with van der Waals surface area (Å²) in [6.45, 7) is 8.88. The lowest BCUT2D eigenvalue weighted by atomic mass is 9.93. The van der Waals surface area contributed by atoms with E-state index in [0.717, 1.165) is 17.1 Å². The smallest absolute Gasteiger partial charge is 0.251 e. The summed E-state index contributed by atoms with van der Waals surface area (Å²) in [5.74, 6) is 0.0533. The maximum atomic E-state index is 11.9. The maximum absolute atomic E-state index is 11.9. The van der Waals surface area contributed by atoms with Crippen LogP contribution in [0.3, 0.4) is 0 Å². The molecule has 0 spiro atoms. The van der Waals surface area contributed by atoms with E-state index in [0.29, 0.717) is 11.7 Å². The van der Waals surface area contributed by atoms with Gasteiger partial charge in [0.1, 0.15) is 6.04 Å². The van der Waals surface area contributed by atoms with Crippen LogP contribution >= 0.6 is 23.6 Å². The van der Waals surface area contributed by atoms with Crippen molar-refractivity contribution in [1.82, 2.24) is 15.2 Å². The topological polar surface area (TPSA) is 45.2 Å². The molecule has 1 fully saturated rings. The monoisotopic (exact) mass is 297 g/mol. The first-order chi connectivity index (χ1) is 8.79.